The largest absolute Gasteiger partial charge is 0.451 e. The first kappa shape index (κ1) is 19.7. The van der Waals surface area contributed by atoms with Crippen LogP contribution in [0, 0.1) is 0 Å². The molecule has 1 aromatic heterocycles. The molecule has 0 aliphatic carbocycles. The van der Waals surface area contributed by atoms with E-state index in [0.29, 0.717) is 5.39 Å². The summed E-state index contributed by atoms with van der Waals surface area (Å²) in [6.07, 6.45) is -3.90. The summed E-state index contributed by atoms with van der Waals surface area (Å²) in [7, 11) is 0. The van der Waals surface area contributed by atoms with Crippen LogP contribution in [0.4, 0.5) is 18.9 Å². The zero-order chi connectivity index (χ0) is 20.8. The Kier molecular flexibility index (Phi) is 4.98. The van der Waals surface area contributed by atoms with E-state index in [0.717, 1.165) is 29.4 Å². The normalized spacial score (nSPS) is 17.4. The summed E-state index contributed by atoms with van der Waals surface area (Å²) in [5.74, 6) is -1.35. The van der Waals surface area contributed by atoms with Crippen molar-refractivity contribution in [2.75, 3.05) is 4.90 Å². The first-order valence-electron chi connectivity index (χ1n) is 9.17. The first-order valence-corrected chi connectivity index (χ1v) is 10.1. The van der Waals surface area contributed by atoms with E-state index in [1.807, 2.05) is 31.2 Å². The van der Waals surface area contributed by atoms with Crippen LogP contribution >= 0.6 is 11.8 Å². The van der Waals surface area contributed by atoms with E-state index in [-0.39, 0.29) is 22.5 Å². The van der Waals surface area contributed by atoms with E-state index in [9.17, 15) is 18.0 Å². The molecule has 2 atom stereocenters. The molecule has 0 radical (unpaired) electrons. The molecule has 4 nitrogen and oxygen atoms in total. The van der Waals surface area contributed by atoms with Crippen LogP contribution in [-0.2, 0) is 17.4 Å². The van der Waals surface area contributed by atoms with E-state index >= 15 is 0 Å². The minimum atomic E-state index is -4.66. The molecule has 0 N–H and O–H groups in total. The van der Waals surface area contributed by atoms with Gasteiger partial charge in [-0.1, -0.05) is 48.2 Å². The number of alkyl halides is 3. The highest BCUT2D eigenvalue weighted by molar-refractivity contribution is 8.00. The van der Waals surface area contributed by atoms with Crippen LogP contribution in [0.2, 0.25) is 0 Å². The molecule has 8 heteroatoms. The molecular weight excluding hydrogens is 399 g/mol. The van der Waals surface area contributed by atoms with Crippen molar-refractivity contribution in [3.63, 3.8) is 0 Å². The maximum Gasteiger partial charge on any atom is 0.451 e. The molecule has 1 aliphatic heterocycles. The number of fused-ring (bicyclic) bond motifs is 2. The fraction of sp³-hybridized carbons (Fsp3) is 0.286. The van der Waals surface area contributed by atoms with Crippen molar-refractivity contribution in [1.82, 2.24) is 9.97 Å². The van der Waals surface area contributed by atoms with Crippen LogP contribution in [0.25, 0.3) is 10.9 Å². The van der Waals surface area contributed by atoms with Crippen LogP contribution in [0.5, 0.6) is 0 Å². The van der Waals surface area contributed by atoms with Gasteiger partial charge in [-0.25, -0.2) is 9.97 Å². The number of thioether (sulfide) groups is 1. The van der Waals surface area contributed by atoms with Gasteiger partial charge >= 0.3 is 6.18 Å². The van der Waals surface area contributed by atoms with Crippen molar-refractivity contribution in [1.29, 1.82) is 0 Å². The summed E-state index contributed by atoms with van der Waals surface area (Å²) in [4.78, 5) is 22.3. The number of amides is 1. The molecular formula is C21H18F3N3OS. The molecule has 0 fully saturated rings. The Morgan fingerprint density at radius 2 is 1.83 bits per heavy atom. The zero-order valence-corrected chi connectivity index (χ0v) is 16.6. The first-order chi connectivity index (χ1) is 13.8. The number of carbonyl (C=O) groups excluding carboxylic acids is 1. The predicted molar refractivity (Wildman–Crippen MR) is 107 cm³/mol. The van der Waals surface area contributed by atoms with Gasteiger partial charge in [0.2, 0.25) is 11.7 Å². The van der Waals surface area contributed by atoms with Crippen molar-refractivity contribution in [3.8, 4) is 0 Å². The Balaban J connectivity index is 1.67. The molecule has 29 heavy (non-hydrogen) atoms. The lowest BCUT2D eigenvalue weighted by Gasteiger charge is -2.26. The van der Waals surface area contributed by atoms with Crippen LogP contribution in [0.15, 0.2) is 53.6 Å². The van der Waals surface area contributed by atoms with E-state index in [2.05, 4.69) is 9.97 Å². The quantitative estimate of drug-likeness (QED) is 0.439. The molecule has 0 bridgehead atoms. The lowest BCUT2D eigenvalue weighted by molar-refractivity contribution is -0.145. The van der Waals surface area contributed by atoms with Gasteiger partial charge in [0.1, 0.15) is 5.03 Å². The van der Waals surface area contributed by atoms with Gasteiger partial charge in [-0.2, -0.15) is 13.2 Å². The third-order valence-electron chi connectivity index (χ3n) is 4.90. The number of anilines is 1. The molecule has 1 aliphatic rings. The van der Waals surface area contributed by atoms with Crippen molar-refractivity contribution in [2.24, 2.45) is 0 Å². The molecule has 3 aromatic rings. The molecule has 1 amide bonds. The maximum atomic E-state index is 13.2. The number of nitrogens with zero attached hydrogens (tertiary/aromatic N) is 3. The van der Waals surface area contributed by atoms with E-state index in [4.69, 9.17) is 0 Å². The summed E-state index contributed by atoms with van der Waals surface area (Å²) >= 11 is 1.03. The van der Waals surface area contributed by atoms with Crippen molar-refractivity contribution in [2.45, 2.75) is 42.8 Å². The van der Waals surface area contributed by atoms with Gasteiger partial charge in [0.05, 0.1) is 10.8 Å². The van der Waals surface area contributed by atoms with Gasteiger partial charge in [0.15, 0.2) is 0 Å². The number of aromatic nitrogens is 2. The van der Waals surface area contributed by atoms with Gasteiger partial charge in [-0.15, -0.1) is 0 Å². The number of hydrogen-bond acceptors (Lipinski definition) is 4. The molecule has 150 valence electrons. The fourth-order valence-electron chi connectivity index (χ4n) is 3.58. The zero-order valence-electron chi connectivity index (χ0n) is 15.8. The second kappa shape index (κ2) is 7.33. The Morgan fingerprint density at radius 1 is 1.14 bits per heavy atom. The van der Waals surface area contributed by atoms with Gasteiger partial charge < -0.3 is 4.90 Å². The highest BCUT2D eigenvalue weighted by Gasteiger charge is 2.37. The average molecular weight is 417 g/mol. The number of halogens is 3. The van der Waals surface area contributed by atoms with Crippen molar-refractivity contribution >= 4 is 34.3 Å². The molecule has 0 unspecified atom stereocenters. The van der Waals surface area contributed by atoms with E-state index < -0.39 is 17.3 Å². The highest BCUT2D eigenvalue weighted by Crippen LogP contribution is 2.37. The summed E-state index contributed by atoms with van der Waals surface area (Å²) in [5.41, 5.74) is 2.16. The topological polar surface area (TPSA) is 46.1 Å². The van der Waals surface area contributed by atoms with Crippen LogP contribution < -0.4 is 4.90 Å². The summed E-state index contributed by atoms with van der Waals surface area (Å²) in [6, 6.07) is 14.2. The van der Waals surface area contributed by atoms with Crippen LogP contribution in [0.3, 0.4) is 0 Å². The summed E-state index contributed by atoms with van der Waals surface area (Å²) < 4.78 is 39.7. The minimum absolute atomic E-state index is 0.00386. The fourth-order valence-corrected chi connectivity index (χ4v) is 4.57. The van der Waals surface area contributed by atoms with Gasteiger partial charge in [0.25, 0.3) is 0 Å². The Morgan fingerprint density at radius 3 is 2.59 bits per heavy atom. The second-order valence-electron chi connectivity index (χ2n) is 7.02. The number of hydrogen-bond donors (Lipinski definition) is 0. The lowest BCUT2D eigenvalue weighted by Crippen LogP contribution is -2.40. The van der Waals surface area contributed by atoms with Gasteiger partial charge in [0, 0.05) is 17.1 Å². The summed E-state index contributed by atoms with van der Waals surface area (Å²) in [6.45, 7) is 3.67. The Bertz CT molecular complexity index is 1090. The molecule has 2 heterocycles. The summed E-state index contributed by atoms with van der Waals surface area (Å²) in [5, 5.41) is 0.0481. The minimum Gasteiger partial charge on any atom is -0.308 e. The SMILES string of the molecule is C[C@@H](Sc1nc(C(F)(F)F)nc2ccccc12)C(=O)N1c2ccccc2C[C@@H]1C. The number of benzene rings is 2. The average Bonchev–Trinajstić information content (AvgIpc) is 3.02. The standard InChI is InChI=1S/C21H18F3N3OS/c1-12-11-14-7-3-6-10-17(14)27(12)19(28)13(2)29-18-15-8-4-5-9-16(15)25-20(26-18)21(22,23)24/h3-10,12-13H,11H2,1-2H3/t12-,13+/m0/s1. The Hall–Kier alpha value is -2.61. The lowest BCUT2D eigenvalue weighted by atomic mass is 10.1. The highest BCUT2D eigenvalue weighted by atomic mass is 32.2. The monoisotopic (exact) mass is 417 g/mol. The third kappa shape index (κ3) is 3.69. The van der Waals surface area contributed by atoms with Crippen LogP contribution in [-0.4, -0.2) is 27.2 Å². The van der Waals surface area contributed by atoms with Crippen molar-refractivity contribution < 1.29 is 18.0 Å². The van der Waals surface area contributed by atoms with E-state index in [1.165, 1.54) is 6.07 Å². The Labute approximate surface area is 170 Å². The van der Waals surface area contributed by atoms with E-state index in [1.54, 1.807) is 30.0 Å². The smallest absolute Gasteiger partial charge is 0.308 e. The van der Waals surface area contributed by atoms with Crippen LogP contribution in [0.1, 0.15) is 25.2 Å². The molecule has 2 aromatic carbocycles. The second-order valence-corrected chi connectivity index (χ2v) is 8.35. The van der Waals surface area contributed by atoms with Crippen molar-refractivity contribution in [3.05, 3.63) is 59.9 Å². The number of para-hydroxylation sites is 2. The molecule has 4 rings (SSSR count). The molecule has 0 saturated carbocycles. The molecule has 0 spiro atoms. The maximum absolute atomic E-state index is 13.2. The predicted octanol–water partition coefficient (Wildman–Crippen LogP) is 5.11. The van der Waals surface area contributed by atoms with Gasteiger partial charge in [-0.3, -0.25) is 4.79 Å². The molecule has 0 saturated heterocycles. The number of carbonyl (C=O) groups is 1. The van der Waals surface area contributed by atoms with Gasteiger partial charge in [-0.05, 0) is 38.0 Å². The number of rotatable bonds is 3. The third-order valence-corrected chi connectivity index (χ3v) is 5.99.